The number of nitro groups is 1. The Morgan fingerprint density at radius 2 is 2.33 bits per heavy atom. The fourth-order valence-electron chi connectivity index (χ4n) is 2.54. The highest BCUT2D eigenvalue weighted by molar-refractivity contribution is 5.17. The van der Waals surface area contributed by atoms with Crippen LogP contribution in [0.3, 0.4) is 0 Å². The van der Waals surface area contributed by atoms with Gasteiger partial charge in [-0.15, -0.1) is 0 Å². The van der Waals surface area contributed by atoms with Crippen molar-refractivity contribution >= 4 is 5.88 Å². The number of hydrogen-bond donors (Lipinski definition) is 1. The summed E-state index contributed by atoms with van der Waals surface area (Å²) in [4.78, 5) is 12.4. The molecule has 1 fully saturated rings. The molecule has 0 radical (unpaired) electrons. The van der Waals surface area contributed by atoms with Crippen molar-refractivity contribution < 1.29 is 9.34 Å². The van der Waals surface area contributed by atoms with Gasteiger partial charge in [0.1, 0.15) is 10.7 Å². The van der Waals surface area contributed by atoms with Crippen LogP contribution in [0, 0.1) is 10.1 Å². The van der Waals surface area contributed by atoms with Gasteiger partial charge in [0, 0.05) is 6.04 Å². The predicted molar refractivity (Wildman–Crippen MR) is 67.1 cm³/mol. The summed E-state index contributed by atoms with van der Waals surface area (Å²) in [6.45, 7) is 2.33. The molecule has 1 aromatic rings. The Bertz CT molecular complexity index is 403. The molecule has 0 bridgehead atoms. The van der Waals surface area contributed by atoms with Crippen molar-refractivity contribution in [2.24, 2.45) is 5.73 Å². The Morgan fingerprint density at radius 3 is 3.00 bits per heavy atom. The SMILES string of the molecule is NCCC1CCCCN1Cc1ccc([N+](=O)[O-])o1. The Balaban J connectivity index is 1.99. The van der Waals surface area contributed by atoms with Crippen molar-refractivity contribution in [3.63, 3.8) is 0 Å². The van der Waals surface area contributed by atoms with E-state index in [9.17, 15) is 10.1 Å². The first-order chi connectivity index (χ1) is 8.70. The first-order valence-electron chi connectivity index (χ1n) is 6.38. The molecule has 2 N–H and O–H groups in total. The highest BCUT2D eigenvalue weighted by Crippen LogP contribution is 2.23. The number of piperidine rings is 1. The average molecular weight is 253 g/mol. The highest BCUT2D eigenvalue weighted by Gasteiger charge is 2.23. The zero-order valence-electron chi connectivity index (χ0n) is 10.4. The molecule has 2 heterocycles. The molecule has 18 heavy (non-hydrogen) atoms. The van der Waals surface area contributed by atoms with E-state index >= 15 is 0 Å². The molecule has 0 aromatic carbocycles. The minimum Gasteiger partial charge on any atom is -0.404 e. The molecular formula is C12H19N3O3. The maximum atomic E-state index is 10.6. The van der Waals surface area contributed by atoms with E-state index in [2.05, 4.69) is 4.90 Å². The summed E-state index contributed by atoms with van der Waals surface area (Å²) in [5, 5.41) is 10.6. The van der Waals surface area contributed by atoms with Crippen molar-refractivity contribution in [2.75, 3.05) is 13.1 Å². The first kappa shape index (κ1) is 13.0. The second-order valence-electron chi connectivity index (χ2n) is 4.69. The molecule has 1 saturated heterocycles. The fraction of sp³-hybridized carbons (Fsp3) is 0.667. The van der Waals surface area contributed by atoms with E-state index in [0.717, 1.165) is 19.4 Å². The number of nitrogens with two attached hydrogens (primary N) is 1. The fourth-order valence-corrected chi connectivity index (χ4v) is 2.54. The molecule has 1 aromatic heterocycles. The maximum Gasteiger partial charge on any atom is 0.433 e. The lowest BCUT2D eigenvalue weighted by atomic mass is 9.99. The van der Waals surface area contributed by atoms with Gasteiger partial charge in [-0.05, 0) is 38.4 Å². The van der Waals surface area contributed by atoms with Crippen molar-refractivity contribution in [3.8, 4) is 0 Å². The molecule has 0 saturated carbocycles. The van der Waals surface area contributed by atoms with Crippen molar-refractivity contribution in [1.29, 1.82) is 0 Å². The monoisotopic (exact) mass is 253 g/mol. The summed E-state index contributed by atoms with van der Waals surface area (Å²) in [5.74, 6) is 0.475. The normalized spacial score (nSPS) is 21.1. The number of furan rings is 1. The highest BCUT2D eigenvalue weighted by atomic mass is 16.6. The van der Waals surface area contributed by atoms with E-state index in [4.69, 9.17) is 10.2 Å². The van der Waals surface area contributed by atoms with Crippen LogP contribution in [0.1, 0.15) is 31.4 Å². The van der Waals surface area contributed by atoms with E-state index in [1.807, 2.05) is 0 Å². The second kappa shape index (κ2) is 5.97. The zero-order chi connectivity index (χ0) is 13.0. The molecule has 0 aliphatic carbocycles. The molecule has 1 aliphatic heterocycles. The van der Waals surface area contributed by atoms with Gasteiger partial charge in [-0.25, -0.2) is 0 Å². The molecule has 0 amide bonds. The van der Waals surface area contributed by atoms with E-state index in [-0.39, 0.29) is 5.88 Å². The molecule has 1 aliphatic rings. The van der Waals surface area contributed by atoms with Gasteiger partial charge in [0.15, 0.2) is 0 Å². The van der Waals surface area contributed by atoms with Gasteiger partial charge in [-0.2, -0.15) is 0 Å². The summed E-state index contributed by atoms with van der Waals surface area (Å²) in [7, 11) is 0. The Hall–Kier alpha value is -1.40. The van der Waals surface area contributed by atoms with E-state index in [0.29, 0.717) is 24.9 Å². The lowest BCUT2D eigenvalue weighted by molar-refractivity contribution is -0.402. The topological polar surface area (TPSA) is 85.5 Å². The molecule has 0 spiro atoms. The number of rotatable bonds is 5. The molecule has 6 nitrogen and oxygen atoms in total. The largest absolute Gasteiger partial charge is 0.433 e. The molecular weight excluding hydrogens is 234 g/mol. The maximum absolute atomic E-state index is 10.6. The summed E-state index contributed by atoms with van der Waals surface area (Å²) in [5.41, 5.74) is 5.62. The van der Waals surface area contributed by atoms with Gasteiger partial charge in [-0.1, -0.05) is 6.42 Å². The third kappa shape index (κ3) is 3.08. The lowest BCUT2D eigenvalue weighted by Crippen LogP contribution is -2.40. The van der Waals surface area contributed by atoms with Gasteiger partial charge in [-0.3, -0.25) is 15.0 Å². The number of likely N-dealkylation sites (tertiary alicyclic amines) is 1. The Labute approximate surface area is 106 Å². The van der Waals surface area contributed by atoms with Crippen molar-refractivity contribution in [2.45, 2.75) is 38.3 Å². The van der Waals surface area contributed by atoms with Gasteiger partial charge in [0.2, 0.25) is 0 Å². The van der Waals surface area contributed by atoms with Crippen LogP contribution in [0.15, 0.2) is 16.5 Å². The Kier molecular flexibility index (Phi) is 4.33. The first-order valence-corrected chi connectivity index (χ1v) is 6.38. The van der Waals surface area contributed by atoms with Gasteiger partial charge < -0.3 is 10.2 Å². The molecule has 1 unspecified atom stereocenters. The lowest BCUT2D eigenvalue weighted by Gasteiger charge is -2.34. The summed E-state index contributed by atoms with van der Waals surface area (Å²) in [6, 6.07) is 3.58. The van der Waals surface area contributed by atoms with Crippen LogP contribution in [0.2, 0.25) is 0 Å². The van der Waals surface area contributed by atoms with E-state index in [1.165, 1.54) is 18.9 Å². The van der Waals surface area contributed by atoms with Crippen LogP contribution in [0.25, 0.3) is 0 Å². The van der Waals surface area contributed by atoms with Crippen LogP contribution >= 0.6 is 0 Å². The number of nitrogens with zero attached hydrogens (tertiary/aromatic N) is 2. The molecule has 6 heteroatoms. The summed E-state index contributed by atoms with van der Waals surface area (Å²) < 4.78 is 5.20. The molecule has 1 atom stereocenters. The second-order valence-corrected chi connectivity index (χ2v) is 4.69. The molecule has 100 valence electrons. The predicted octanol–water partition coefficient (Wildman–Crippen LogP) is 1.89. The van der Waals surface area contributed by atoms with Crippen molar-refractivity contribution in [1.82, 2.24) is 4.90 Å². The van der Waals surface area contributed by atoms with Crippen molar-refractivity contribution in [3.05, 3.63) is 28.0 Å². The van der Waals surface area contributed by atoms with Gasteiger partial charge in [0.25, 0.3) is 0 Å². The summed E-state index contributed by atoms with van der Waals surface area (Å²) >= 11 is 0. The third-order valence-corrected chi connectivity index (χ3v) is 3.44. The number of hydrogen-bond acceptors (Lipinski definition) is 5. The van der Waals surface area contributed by atoms with Crippen LogP contribution in [-0.4, -0.2) is 29.0 Å². The van der Waals surface area contributed by atoms with Crippen LogP contribution in [0.5, 0.6) is 0 Å². The van der Waals surface area contributed by atoms with Crippen LogP contribution in [-0.2, 0) is 6.54 Å². The smallest absolute Gasteiger partial charge is 0.404 e. The average Bonchev–Trinajstić information content (AvgIpc) is 2.81. The minimum atomic E-state index is -0.503. The van der Waals surface area contributed by atoms with Gasteiger partial charge >= 0.3 is 5.88 Å². The van der Waals surface area contributed by atoms with E-state index < -0.39 is 4.92 Å². The zero-order valence-corrected chi connectivity index (χ0v) is 10.4. The molecule has 2 rings (SSSR count). The quantitative estimate of drug-likeness (QED) is 0.639. The van der Waals surface area contributed by atoms with E-state index in [1.54, 1.807) is 6.07 Å². The Morgan fingerprint density at radius 1 is 1.50 bits per heavy atom. The van der Waals surface area contributed by atoms with Crippen LogP contribution < -0.4 is 5.73 Å². The van der Waals surface area contributed by atoms with Crippen LogP contribution in [0.4, 0.5) is 5.88 Å². The minimum absolute atomic E-state index is 0.183. The summed E-state index contributed by atoms with van der Waals surface area (Å²) in [6.07, 6.45) is 4.53. The van der Waals surface area contributed by atoms with Gasteiger partial charge in [0.05, 0.1) is 12.6 Å². The third-order valence-electron chi connectivity index (χ3n) is 3.44. The standard InChI is InChI=1S/C12H19N3O3/c13-7-6-10-3-1-2-8-14(10)9-11-4-5-12(18-11)15(16)17/h4-5,10H,1-3,6-9,13H2.